The molecule has 1 aromatic carbocycles. The Morgan fingerprint density at radius 2 is 1.89 bits per heavy atom. The van der Waals surface area contributed by atoms with Gasteiger partial charge in [0.2, 0.25) is 0 Å². The maximum Gasteiger partial charge on any atom is 0.416 e. The van der Waals surface area contributed by atoms with Gasteiger partial charge in [-0.2, -0.15) is 13.2 Å². The Morgan fingerprint density at radius 3 is 2.32 bits per heavy atom. The number of rotatable bonds is 2. The summed E-state index contributed by atoms with van der Waals surface area (Å²) in [6.45, 7) is 5.32. The minimum absolute atomic E-state index is 0.0679. The summed E-state index contributed by atoms with van der Waals surface area (Å²) in [6.07, 6.45) is -4.53. The molecule has 19 heavy (non-hydrogen) atoms. The van der Waals surface area contributed by atoms with Crippen molar-refractivity contribution in [3.63, 3.8) is 0 Å². The zero-order chi connectivity index (χ0) is 14.4. The third-order valence-corrected chi connectivity index (χ3v) is 3.13. The first-order chi connectivity index (χ1) is 8.60. The molecule has 0 aliphatic carbocycles. The molecule has 0 aromatic heterocycles. The maximum atomic E-state index is 12.6. The van der Waals surface area contributed by atoms with Crippen LogP contribution in [0.25, 0.3) is 0 Å². The minimum atomic E-state index is -4.53. The predicted molar refractivity (Wildman–Crippen MR) is 64.4 cm³/mol. The Kier molecular flexibility index (Phi) is 2.99. The summed E-state index contributed by atoms with van der Waals surface area (Å²) in [7, 11) is 0. The number of alkyl halides is 3. The van der Waals surface area contributed by atoms with Crippen LogP contribution >= 0.6 is 0 Å². The van der Waals surface area contributed by atoms with Crippen molar-refractivity contribution in [1.29, 1.82) is 0 Å². The van der Waals surface area contributed by atoms with E-state index >= 15 is 0 Å². The number of nitrogens with zero attached hydrogens (tertiary/aromatic N) is 1. The molecule has 0 atom stereocenters. The number of carbonyl (C=O) groups is 1. The molecule has 1 N–H and O–H groups in total. The monoisotopic (exact) mass is 273 g/mol. The van der Waals surface area contributed by atoms with Crippen LogP contribution in [0.2, 0.25) is 0 Å². The molecule has 0 unspecified atom stereocenters. The summed E-state index contributed by atoms with van der Waals surface area (Å²) in [6, 6.07) is 2.86. The zero-order valence-electron chi connectivity index (χ0n) is 10.6. The van der Waals surface area contributed by atoms with E-state index in [1.807, 2.05) is 13.8 Å². The molecule has 0 saturated carbocycles. The minimum Gasteiger partial charge on any atom is -0.478 e. The summed E-state index contributed by atoms with van der Waals surface area (Å²) in [5, 5.41) is 9.06. The van der Waals surface area contributed by atoms with Crippen LogP contribution in [-0.4, -0.2) is 24.2 Å². The van der Waals surface area contributed by atoms with E-state index in [9.17, 15) is 18.0 Å². The molecule has 1 fully saturated rings. The fraction of sp³-hybridized carbons (Fsp3) is 0.462. The summed E-state index contributed by atoms with van der Waals surface area (Å²) < 4.78 is 37.7. The quantitative estimate of drug-likeness (QED) is 0.899. The lowest BCUT2D eigenvalue weighted by Crippen LogP contribution is -2.53. The molecule has 2 rings (SSSR count). The van der Waals surface area contributed by atoms with E-state index < -0.39 is 17.7 Å². The van der Waals surface area contributed by atoms with Crippen LogP contribution in [0.5, 0.6) is 0 Å². The van der Waals surface area contributed by atoms with Crippen LogP contribution in [0.1, 0.15) is 29.8 Å². The van der Waals surface area contributed by atoms with Crippen molar-refractivity contribution in [1.82, 2.24) is 0 Å². The highest BCUT2D eigenvalue weighted by Gasteiger charge is 2.37. The van der Waals surface area contributed by atoms with Gasteiger partial charge in [-0.15, -0.1) is 0 Å². The molecule has 104 valence electrons. The van der Waals surface area contributed by atoms with Crippen molar-refractivity contribution < 1.29 is 23.1 Å². The Labute approximate surface area is 108 Å². The summed E-state index contributed by atoms with van der Waals surface area (Å²) in [5.74, 6) is -1.34. The Bertz CT molecular complexity index is 515. The number of hydrogen-bond donors (Lipinski definition) is 1. The summed E-state index contributed by atoms with van der Waals surface area (Å²) >= 11 is 0. The lowest BCUT2D eigenvalue weighted by molar-refractivity contribution is -0.137. The topological polar surface area (TPSA) is 40.5 Å². The molecule has 0 spiro atoms. The summed E-state index contributed by atoms with van der Waals surface area (Å²) in [4.78, 5) is 12.9. The van der Waals surface area contributed by atoms with Crippen molar-refractivity contribution in [2.75, 3.05) is 18.0 Å². The molecule has 1 aromatic rings. The predicted octanol–water partition coefficient (Wildman–Crippen LogP) is 3.25. The van der Waals surface area contributed by atoms with Gasteiger partial charge in [0.05, 0.1) is 16.8 Å². The van der Waals surface area contributed by atoms with Gasteiger partial charge in [0, 0.05) is 13.1 Å². The SMILES string of the molecule is CC1(C)CN(c2ccc(C(F)(F)F)cc2C(=O)O)C1. The first-order valence-electron chi connectivity index (χ1n) is 5.80. The highest BCUT2D eigenvalue weighted by Crippen LogP contribution is 2.38. The van der Waals surface area contributed by atoms with Crippen LogP contribution in [0.3, 0.4) is 0 Å². The van der Waals surface area contributed by atoms with Crippen molar-refractivity contribution in [2.24, 2.45) is 5.41 Å². The number of halogens is 3. The average Bonchev–Trinajstić information content (AvgIpc) is 2.23. The second kappa shape index (κ2) is 4.15. The number of carboxylic acid groups (broad SMARTS) is 1. The normalized spacial score (nSPS) is 18.1. The molecule has 1 aliphatic rings. The Balaban J connectivity index is 2.38. The average molecular weight is 273 g/mol. The lowest BCUT2D eigenvalue weighted by atomic mass is 9.83. The molecule has 1 aliphatic heterocycles. The maximum absolute atomic E-state index is 12.6. The number of carboxylic acids is 1. The molecule has 3 nitrogen and oxygen atoms in total. The van der Waals surface area contributed by atoms with Gasteiger partial charge < -0.3 is 10.0 Å². The largest absolute Gasteiger partial charge is 0.478 e. The van der Waals surface area contributed by atoms with E-state index in [0.717, 1.165) is 6.07 Å². The highest BCUT2D eigenvalue weighted by molar-refractivity contribution is 5.95. The number of aromatic carboxylic acids is 1. The van der Waals surface area contributed by atoms with E-state index in [0.29, 0.717) is 24.8 Å². The molecular formula is C13H14F3NO2. The fourth-order valence-corrected chi connectivity index (χ4v) is 2.32. The van der Waals surface area contributed by atoms with E-state index in [-0.39, 0.29) is 11.0 Å². The van der Waals surface area contributed by atoms with E-state index in [2.05, 4.69) is 0 Å². The third-order valence-electron chi connectivity index (χ3n) is 3.13. The second-order valence-electron chi connectivity index (χ2n) is 5.56. The van der Waals surface area contributed by atoms with Crippen molar-refractivity contribution in [3.8, 4) is 0 Å². The van der Waals surface area contributed by atoms with Gasteiger partial charge in [-0.05, 0) is 23.6 Å². The molecule has 0 radical (unpaired) electrons. The van der Waals surface area contributed by atoms with Crippen molar-refractivity contribution >= 4 is 11.7 Å². The van der Waals surface area contributed by atoms with Gasteiger partial charge in [0.25, 0.3) is 0 Å². The number of hydrogen-bond acceptors (Lipinski definition) is 2. The van der Waals surface area contributed by atoms with E-state index in [1.54, 1.807) is 4.90 Å². The molecule has 0 amide bonds. The highest BCUT2D eigenvalue weighted by atomic mass is 19.4. The molecule has 1 heterocycles. The lowest BCUT2D eigenvalue weighted by Gasteiger charge is -2.47. The van der Waals surface area contributed by atoms with Gasteiger partial charge in [0.15, 0.2) is 0 Å². The van der Waals surface area contributed by atoms with E-state index in [4.69, 9.17) is 5.11 Å². The van der Waals surface area contributed by atoms with Crippen LogP contribution in [0.15, 0.2) is 18.2 Å². The Hall–Kier alpha value is -1.72. The third kappa shape index (κ3) is 2.67. The van der Waals surface area contributed by atoms with Gasteiger partial charge in [-0.1, -0.05) is 13.8 Å². The number of anilines is 1. The molecule has 6 heteroatoms. The molecule has 1 saturated heterocycles. The first-order valence-corrected chi connectivity index (χ1v) is 5.80. The first kappa shape index (κ1) is 13.7. The summed E-state index contributed by atoms with van der Waals surface area (Å²) in [5.41, 5.74) is -0.822. The molecule has 0 bridgehead atoms. The van der Waals surface area contributed by atoms with Crippen molar-refractivity contribution in [3.05, 3.63) is 29.3 Å². The fourth-order valence-electron chi connectivity index (χ4n) is 2.32. The van der Waals surface area contributed by atoms with Crippen LogP contribution in [0.4, 0.5) is 18.9 Å². The molecular weight excluding hydrogens is 259 g/mol. The van der Waals surface area contributed by atoms with Gasteiger partial charge in [0.1, 0.15) is 0 Å². The zero-order valence-corrected chi connectivity index (χ0v) is 10.6. The van der Waals surface area contributed by atoms with Crippen molar-refractivity contribution in [2.45, 2.75) is 20.0 Å². The van der Waals surface area contributed by atoms with Crippen LogP contribution < -0.4 is 4.90 Å². The van der Waals surface area contributed by atoms with E-state index in [1.165, 1.54) is 6.07 Å². The standard InChI is InChI=1S/C13H14F3NO2/c1-12(2)6-17(7-12)10-4-3-8(13(14,15)16)5-9(10)11(18)19/h3-5H,6-7H2,1-2H3,(H,18,19). The Morgan fingerprint density at radius 1 is 1.32 bits per heavy atom. The van der Waals surface area contributed by atoms with Gasteiger partial charge in [-0.25, -0.2) is 4.79 Å². The second-order valence-corrected chi connectivity index (χ2v) is 5.56. The van der Waals surface area contributed by atoms with Gasteiger partial charge in [-0.3, -0.25) is 0 Å². The van der Waals surface area contributed by atoms with Crippen LogP contribution in [0, 0.1) is 5.41 Å². The number of benzene rings is 1. The smallest absolute Gasteiger partial charge is 0.416 e. The van der Waals surface area contributed by atoms with Crippen LogP contribution in [-0.2, 0) is 6.18 Å². The van der Waals surface area contributed by atoms with Gasteiger partial charge >= 0.3 is 12.1 Å².